The Labute approximate surface area is 156 Å². The Bertz CT molecular complexity index is 699. The fourth-order valence-electron chi connectivity index (χ4n) is 3.10. The first-order chi connectivity index (χ1) is 12.5. The summed E-state index contributed by atoms with van der Waals surface area (Å²) in [4.78, 5) is 24.3. The molecule has 138 valence electrons. The van der Waals surface area contributed by atoms with Gasteiger partial charge in [-0.05, 0) is 18.9 Å². The zero-order chi connectivity index (χ0) is 18.9. The Kier molecular flexibility index (Phi) is 7.54. The van der Waals surface area contributed by atoms with E-state index in [1.807, 2.05) is 48.5 Å². The van der Waals surface area contributed by atoms with E-state index < -0.39 is 6.04 Å². The molecule has 0 aliphatic heterocycles. The maximum Gasteiger partial charge on any atom is 0.275 e. The van der Waals surface area contributed by atoms with Crippen LogP contribution in [0.4, 0.5) is 0 Å². The molecule has 26 heavy (non-hydrogen) atoms. The van der Waals surface area contributed by atoms with E-state index in [1.54, 1.807) is 0 Å². The first kappa shape index (κ1) is 19.9. The molecule has 0 aliphatic carbocycles. The molecule has 0 aromatic heterocycles. The van der Waals surface area contributed by atoms with Gasteiger partial charge in [0.15, 0.2) is 12.3 Å². The quantitative estimate of drug-likeness (QED) is 0.726. The Hall–Kier alpha value is -2.46. The number of nitrogens with one attached hydrogen (secondary N) is 1. The van der Waals surface area contributed by atoms with Gasteiger partial charge in [0.25, 0.3) is 5.91 Å². The minimum atomic E-state index is -0.479. The summed E-state index contributed by atoms with van der Waals surface area (Å²) in [5, 5.41) is 4.94. The molecular formula is C22H29N2O2+. The van der Waals surface area contributed by atoms with Gasteiger partial charge < -0.3 is 10.6 Å². The van der Waals surface area contributed by atoms with Crippen molar-refractivity contribution in [1.82, 2.24) is 5.32 Å². The number of hydrogen-bond acceptors (Lipinski definition) is 2. The third-order valence-corrected chi connectivity index (χ3v) is 4.57. The minimum Gasteiger partial charge on any atom is -0.341 e. The number of ketones is 1. The van der Waals surface area contributed by atoms with Crippen LogP contribution in [0.1, 0.15) is 37.9 Å². The summed E-state index contributed by atoms with van der Waals surface area (Å²) in [6, 6.07) is 19.7. The van der Waals surface area contributed by atoms with Crippen molar-refractivity contribution in [1.29, 1.82) is 0 Å². The highest BCUT2D eigenvalue weighted by molar-refractivity contribution is 5.88. The van der Waals surface area contributed by atoms with Crippen molar-refractivity contribution in [3.63, 3.8) is 0 Å². The number of carbonyl (C=O) groups excluding carboxylic acids is 2. The average molecular weight is 353 g/mol. The molecule has 0 unspecified atom stereocenters. The summed E-state index contributed by atoms with van der Waals surface area (Å²) in [6.45, 7) is 6.13. The van der Waals surface area contributed by atoms with Crippen LogP contribution in [0.25, 0.3) is 0 Å². The summed E-state index contributed by atoms with van der Waals surface area (Å²) < 4.78 is 0. The van der Waals surface area contributed by atoms with Crippen molar-refractivity contribution >= 4 is 11.7 Å². The van der Waals surface area contributed by atoms with Crippen molar-refractivity contribution in [2.75, 3.05) is 6.54 Å². The maximum absolute atomic E-state index is 12.4. The van der Waals surface area contributed by atoms with E-state index in [1.165, 1.54) is 12.5 Å². The van der Waals surface area contributed by atoms with Gasteiger partial charge in [-0.2, -0.15) is 0 Å². The van der Waals surface area contributed by atoms with Gasteiger partial charge in [0.1, 0.15) is 6.04 Å². The van der Waals surface area contributed by atoms with E-state index in [2.05, 4.69) is 36.6 Å². The van der Waals surface area contributed by atoms with Gasteiger partial charge >= 0.3 is 0 Å². The molecule has 0 aliphatic rings. The highest BCUT2D eigenvalue weighted by Gasteiger charge is 2.22. The molecule has 2 aromatic carbocycles. The highest BCUT2D eigenvalue weighted by Crippen LogP contribution is 2.16. The second-order valence-corrected chi connectivity index (χ2v) is 7.04. The van der Waals surface area contributed by atoms with Crippen molar-refractivity contribution in [3.8, 4) is 0 Å². The lowest BCUT2D eigenvalue weighted by atomic mass is 9.96. The number of Topliss-reactive ketones (excluding diaryl/α,β-unsaturated/α-hetero) is 1. The van der Waals surface area contributed by atoms with Gasteiger partial charge in [0, 0.05) is 11.5 Å². The van der Waals surface area contributed by atoms with Crippen LogP contribution >= 0.6 is 0 Å². The minimum absolute atomic E-state index is 0.0225. The second kappa shape index (κ2) is 9.88. The number of quaternary nitrogens is 1. The predicted molar refractivity (Wildman–Crippen MR) is 104 cm³/mol. The maximum atomic E-state index is 12.4. The van der Waals surface area contributed by atoms with E-state index in [0.29, 0.717) is 18.9 Å². The van der Waals surface area contributed by atoms with Crippen molar-refractivity contribution in [2.24, 2.45) is 5.92 Å². The summed E-state index contributed by atoms with van der Waals surface area (Å²) in [6.07, 6.45) is 0.522. The summed E-state index contributed by atoms with van der Waals surface area (Å²) >= 11 is 0. The van der Waals surface area contributed by atoms with Crippen LogP contribution in [0.2, 0.25) is 0 Å². The van der Waals surface area contributed by atoms with Crippen LogP contribution in [0.5, 0.6) is 0 Å². The highest BCUT2D eigenvalue weighted by atomic mass is 16.2. The van der Waals surface area contributed by atoms with E-state index in [0.717, 1.165) is 5.56 Å². The third kappa shape index (κ3) is 6.12. The lowest BCUT2D eigenvalue weighted by Gasteiger charge is -2.20. The van der Waals surface area contributed by atoms with Crippen LogP contribution in [-0.2, 0) is 16.0 Å². The zero-order valence-electron chi connectivity index (χ0n) is 15.8. The van der Waals surface area contributed by atoms with E-state index in [9.17, 15) is 9.59 Å². The summed E-state index contributed by atoms with van der Waals surface area (Å²) in [7, 11) is 0. The lowest BCUT2D eigenvalue weighted by molar-refractivity contribution is -0.692. The summed E-state index contributed by atoms with van der Waals surface area (Å²) in [5.41, 5.74) is 2.25. The molecule has 1 amide bonds. The molecule has 4 heteroatoms. The number of amides is 1. The second-order valence-electron chi connectivity index (χ2n) is 7.04. The van der Waals surface area contributed by atoms with Gasteiger partial charge in [-0.15, -0.1) is 0 Å². The SMILES string of the molecule is CC(=O)[C@H](Cc1ccccc1)NC(=O)C[NH2+][C@H](c1ccccc1)C(C)C. The summed E-state index contributed by atoms with van der Waals surface area (Å²) in [5.74, 6) is 0.270. The molecule has 4 nitrogen and oxygen atoms in total. The van der Waals surface area contributed by atoms with Crippen LogP contribution in [-0.4, -0.2) is 24.3 Å². The van der Waals surface area contributed by atoms with E-state index in [4.69, 9.17) is 0 Å². The molecular weight excluding hydrogens is 324 g/mol. The number of nitrogens with two attached hydrogens (primary N) is 1. The van der Waals surface area contributed by atoms with Gasteiger partial charge in [0.2, 0.25) is 0 Å². The monoisotopic (exact) mass is 353 g/mol. The largest absolute Gasteiger partial charge is 0.341 e. The Morgan fingerprint density at radius 2 is 1.54 bits per heavy atom. The van der Waals surface area contributed by atoms with Crippen molar-refractivity contribution < 1.29 is 14.9 Å². The number of benzene rings is 2. The first-order valence-electron chi connectivity index (χ1n) is 9.19. The molecule has 0 spiro atoms. The molecule has 2 atom stereocenters. The fraction of sp³-hybridized carbons (Fsp3) is 0.364. The van der Waals surface area contributed by atoms with Crippen LogP contribution in [0.3, 0.4) is 0 Å². The smallest absolute Gasteiger partial charge is 0.275 e. The molecule has 0 fully saturated rings. The van der Waals surface area contributed by atoms with E-state index >= 15 is 0 Å². The standard InChI is InChI=1S/C22H28N2O2/c1-16(2)22(19-12-8-5-9-13-19)23-15-21(26)24-20(17(3)25)14-18-10-6-4-7-11-18/h4-13,16,20,22-23H,14-15H2,1-3H3,(H,24,26)/p+1/t20-,22-/m0/s1. The zero-order valence-corrected chi connectivity index (χ0v) is 15.8. The van der Waals surface area contributed by atoms with Gasteiger partial charge in [-0.25, -0.2) is 0 Å². The van der Waals surface area contributed by atoms with Crippen molar-refractivity contribution in [3.05, 3.63) is 71.8 Å². The molecule has 0 heterocycles. The molecule has 2 aromatic rings. The molecule has 0 bridgehead atoms. The number of hydrogen-bond donors (Lipinski definition) is 2. The molecule has 0 saturated carbocycles. The first-order valence-corrected chi connectivity index (χ1v) is 9.19. The number of rotatable bonds is 9. The molecule has 0 radical (unpaired) electrons. The van der Waals surface area contributed by atoms with E-state index in [-0.39, 0.29) is 17.7 Å². The van der Waals surface area contributed by atoms with Gasteiger partial charge in [0.05, 0.1) is 6.04 Å². The molecule has 3 N–H and O–H groups in total. The third-order valence-electron chi connectivity index (χ3n) is 4.57. The average Bonchev–Trinajstić information content (AvgIpc) is 2.62. The predicted octanol–water partition coefficient (Wildman–Crippen LogP) is 2.26. The molecule has 0 saturated heterocycles. The fourth-order valence-corrected chi connectivity index (χ4v) is 3.10. The Morgan fingerprint density at radius 3 is 2.08 bits per heavy atom. The van der Waals surface area contributed by atoms with Gasteiger partial charge in [-0.1, -0.05) is 74.5 Å². The van der Waals surface area contributed by atoms with Crippen LogP contribution in [0, 0.1) is 5.92 Å². The Balaban J connectivity index is 1.93. The Morgan fingerprint density at radius 1 is 0.962 bits per heavy atom. The lowest BCUT2D eigenvalue weighted by Crippen LogP contribution is -2.88. The topological polar surface area (TPSA) is 62.8 Å². The van der Waals surface area contributed by atoms with Crippen molar-refractivity contribution in [2.45, 2.75) is 39.3 Å². The van der Waals surface area contributed by atoms with Gasteiger partial charge in [-0.3, -0.25) is 9.59 Å². The molecule has 2 rings (SSSR count). The van der Waals surface area contributed by atoms with Crippen LogP contribution in [0.15, 0.2) is 60.7 Å². The normalized spacial score (nSPS) is 13.2. The van der Waals surface area contributed by atoms with Crippen LogP contribution < -0.4 is 10.6 Å². The number of carbonyl (C=O) groups is 2.